The minimum atomic E-state index is -0.606. The first-order valence-corrected chi connectivity index (χ1v) is 8.69. The van der Waals surface area contributed by atoms with Gasteiger partial charge in [-0.3, -0.25) is 0 Å². The number of hydrogen-bond acceptors (Lipinski definition) is 3. The van der Waals surface area contributed by atoms with Crippen molar-refractivity contribution >= 4 is 39.6 Å². The molecule has 0 unspecified atom stereocenters. The molecule has 0 fully saturated rings. The number of nitrogens with one attached hydrogen (secondary N) is 1. The normalized spacial score (nSPS) is 12.0. The molecule has 0 aliphatic heterocycles. The molecule has 0 radical (unpaired) electrons. The lowest BCUT2D eigenvalue weighted by Crippen LogP contribution is -2.27. The summed E-state index contributed by atoms with van der Waals surface area (Å²) in [5.74, 6) is 0. The second-order valence-corrected chi connectivity index (χ2v) is 7.53. The van der Waals surface area contributed by atoms with Gasteiger partial charge in [-0.05, 0) is 39.0 Å². The molecule has 0 saturated carbocycles. The fourth-order valence-corrected chi connectivity index (χ4v) is 3.33. The Labute approximate surface area is 155 Å². The van der Waals surface area contributed by atoms with Crippen LogP contribution in [0.15, 0.2) is 48.8 Å². The third kappa shape index (κ3) is 2.74. The minimum Gasteiger partial charge on any atom is -0.443 e. The van der Waals surface area contributed by atoms with Crippen molar-refractivity contribution in [1.82, 2.24) is 14.5 Å². The van der Waals surface area contributed by atoms with Gasteiger partial charge >= 0.3 is 6.09 Å². The van der Waals surface area contributed by atoms with Gasteiger partial charge in [-0.25, -0.2) is 14.3 Å². The number of ether oxygens (including phenoxy) is 1. The number of H-pyrrole nitrogens is 1. The van der Waals surface area contributed by atoms with E-state index >= 15 is 0 Å². The van der Waals surface area contributed by atoms with Gasteiger partial charge in [0.15, 0.2) is 0 Å². The first-order valence-electron chi connectivity index (χ1n) is 8.31. The summed E-state index contributed by atoms with van der Waals surface area (Å²) in [6, 6.07) is 11.5. The van der Waals surface area contributed by atoms with E-state index in [-0.39, 0.29) is 0 Å². The van der Waals surface area contributed by atoms with Gasteiger partial charge in [-0.1, -0.05) is 29.8 Å². The fourth-order valence-electron chi connectivity index (χ4n) is 3.09. The number of carbonyl (C=O) groups excluding carboxylic acids is 1. The first-order chi connectivity index (χ1) is 12.3. The zero-order chi connectivity index (χ0) is 18.5. The number of aromatic nitrogens is 3. The van der Waals surface area contributed by atoms with Crippen molar-refractivity contribution in [3.8, 4) is 11.3 Å². The Kier molecular flexibility index (Phi) is 3.77. The number of pyridine rings is 1. The summed E-state index contributed by atoms with van der Waals surface area (Å²) in [5.41, 5.74) is 2.31. The van der Waals surface area contributed by atoms with Crippen LogP contribution >= 0.6 is 11.6 Å². The van der Waals surface area contributed by atoms with E-state index in [2.05, 4.69) is 9.97 Å². The smallest absolute Gasteiger partial charge is 0.419 e. The highest BCUT2D eigenvalue weighted by atomic mass is 35.5. The first kappa shape index (κ1) is 16.7. The van der Waals surface area contributed by atoms with E-state index < -0.39 is 11.7 Å². The van der Waals surface area contributed by atoms with E-state index in [0.29, 0.717) is 16.4 Å². The van der Waals surface area contributed by atoms with Crippen LogP contribution in [0, 0.1) is 0 Å². The number of fused-ring (bicyclic) bond motifs is 2. The summed E-state index contributed by atoms with van der Waals surface area (Å²) in [5, 5.41) is 2.26. The Morgan fingerprint density at radius 2 is 2.00 bits per heavy atom. The number of aromatic amines is 1. The van der Waals surface area contributed by atoms with Crippen LogP contribution in [0.2, 0.25) is 5.02 Å². The van der Waals surface area contributed by atoms with E-state index in [4.69, 9.17) is 16.3 Å². The SMILES string of the molecule is CC(C)(C)OC(=O)n1c(-c2c(Cl)cnc3[nH]ccc23)cc2ccccc21. The van der Waals surface area contributed by atoms with Gasteiger partial charge in [0.1, 0.15) is 11.2 Å². The largest absolute Gasteiger partial charge is 0.443 e. The molecule has 132 valence electrons. The molecular formula is C20H18ClN3O2. The van der Waals surface area contributed by atoms with Crippen molar-refractivity contribution in [3.63, 3.8) is 0 Å². The predicted octanol–water partition coefficient (Wildman–Crippen LogP) is 5.62. The van der Waals surface area contributed by atoms with Crippen molar-refractivity contribution in [2.75, 3.05) is 0 Å². The maximum atomic E-state index is 13.0. The molecule has 4 aromatic rings. The standard InChI is InChI=1S/C20H18ClN3O2/c1-20(2,3)26-19(25)24-15-7-5-4-6-12(15)10-16(24)17-13-8-9-22-18(13)23-11-14(17)21/h4-11H,1-3H3,(H,22,23). The molecule has 0 bridgehead atoms. The molecule has 26 heavy (non-hydrogen) atoms. The van der Waals surface area contributed by atoms with Crippen molar-refractivity contribution in [2.45, 2.75) is 26.4 Å². The second-order valence-electron chi connectivity index (χ2n) is 7.13. The van der Waals surface area contributed by atoms with Crippen molar-refractivity contribution < 1.29 is 9.53 Å². The molecule has 5 nitrogen and oxygen atoms in total. The second kappa shape index (κ2) is 5.88. The molecule has 0 aliphatic carbocycles. The quantitative estimate of drug-likeness (QED) is 0.475. The van der Waals surface area contributed by atoms with Crippen LogP contribution in [0.3, 0.4) is 0 Å². The highest BCUT2D eigenvalue weighted by Crippen LogP contribution is 2.37. The number of halogens is 1. The summed E-state index contributed by atoms with van der Waals surface area (Å²) in [6.07, 6.45) is 2.95. The van der Waals surface area contributed by atoms with Gasteiger partial charge in [-0.2, -0.15) is 0 Å². The van der Waals surface area contributed by atoms with Crippen molar-refractivity contribution in [1.29, 1.82) is 0 Å². The molecule has 0 saturated heterocycles. The van der Waals surface area contributed by atoms with Crippen molar-refractivity contribution in [2.24, 2.45) is 0 Å². The Morgan fingerprint density at radius 3 is 2.77 bits per heavy atom. The van der Waals surface area contributed by atoms with Gasteiger partial charge < -0.3 is 9.72 Å². The molecule has 1 N–H and O–H groups in total. The Morgan fingerprint density at radius 1 is 1.23 bits per heavy atom. The average Bonchev–Trinajstić information content (AvgIpc) is 3.16. The lowest BCUT2D eigenvalue weighted by molar-refractivity contribution is 0.0547. The Balaban J connectivity index is 2.04. The summed E-state index contributed by atoms with van der Waals surface area (Å²) in [4.78, 5) is 20.4. The van der Waals surface area contributed by atoms with Gasteiger partial charge in [0.05, 0.1) is 16.2 Å². The number of benzene rings is 1. The fraction of sp³-hybridized carbons (Fsp3) is 0.200. The molecule has 4 rings (SSSR count). The van der Waals surface area contributed by atoms with Crippen LogP contribution in [0.5, 0.6) is 0 Å². The summed E-state index contributed by atoms with van der Waals surface area (Å²) in [6.45, 7) is 5.54. The summed E-state index contributed by atoms with van der Waals surface area (Å²) >= 11 is 6.49. The van der Waals surface area contributed by atoms with Gasteiger partial charge in [0, 0.05) is 28.7 Å². The van der Waals surface area contributed by atoms with Crippen LogP contribution in [-0.4, -0.2) is 26.2 Å². The minimum absolute atomic E-state index is 0.440. The number of hydrogen-bond donors (Lipinski definition) is 1. The topological polar surface area (TPSA) is 59.9 Å². The van der Waals surface area contributed by atoms with Crippen LogP contribution in [0.1, 0.15) is 20.8 Å². The maximum absolute atomic E-state index is 13.0. The van der Waals surface area contributed by atoms with E-state index in [1.54, 1.807) is 17.0 Å². The Bertz CT molecular complexity index is 1140. The highest BCUT2D eigenvalue weighted by Gasteiger charge is 2.24. The molecule has 1 aromatic carbocycles. The zero-order valence-electron chi connectivity index (χ0n) is 14.7. The number of nitrogens with zero attached hydrogens (tertiary/aromatic N) is 2. The summed E-state index contributed by atoms with van der Waals surface area (Å²) in [7, 11) is 0. The molecule has 0 atom stereocenters. The van der Waals surface area contributed by atoms with Crippen LogP contribution in [0.4, 0.5) is 4.79 Å². The average molecular weight is 368 g/mol. The van der Waals surface area contributed by atoms with E-state index in [1.807, 2.05) is 57.2 Å². The number of carbonyl (C=O) groups is 1. The highest BCUT2D eigenvalue weighted by molar-refractivity contribution is 6.34. The number of rotatable bonds is 1. The molecule has 3 aromatic heterocycles. The number of para-hydroxylation sites is 1. The Hall–Kier alpha value is -2.79. The molecule has 0 aliphatic rings. The molecular weight excluding hydrogens is 350 g/mol. The van der Waals surface area contributed by atoms with Crippen molar-refractivity contribution in [3.05, 3.63) is 53.8 Å². The molecule has 3 heterocycles. The molecule has 0 amide bonds. The summed E-state index contributed by atoms with van der Waals surface area (Å²) < 4.78 is 7.22. The lowest BCUT2D eigenvalue weighted by Gasteiger charge is -2.21. The van der Waals surface area contributed by atoms with Gasteiger partial charge in [-0.15, -0.1) is 0 Å². The van der Waals surface area contributed by atoms with Crippen LogP contribution < -0.4 is 0 Å². The third-order valence-electron chi connectivity index (χ3n) is 4.08. The van der Waals surface area contributed by atoms with E-state index in [1.165, 1.54) is 0 Å². The van der Waals surface area contributed by atoms with Crippen LogP contribution in [-0.2, 0) is 4.74 Å². The predicted molar refractivity (Wildman–Crippen MR) is 104 cm³/mol. The van der Waals surface area contributed by atoms with Gasteiger partial charge in [0.25, 0.3) is 0 Å². The van der Waals surface area contributed by atoms with E-state index in [9.17, 15) is 4.79 Å². The third-order valence-corrected chi connectivity index (χ3v) is 4.37. The lowest BCUT2D eigenvalue weighted by atomic mass is 10.1. The van der Waals surface area contributed by atoms with Crippen LogP contribution in [0.25, 0.3) is 33.2 Å². The zero-order valence-corrected chi connectivity index (χ0v) is 15.5. The van der Waals surface area contributed by atoms with Gasteiger partial charge in [0.2, 0.25) is 0 Å². The molecule has 0 spiro atoms. The maximum Gasteiger partial charge on any atom is 0.419 e. The van der Waals surface area contributed by atoms with E-state index in [0.717, 1.165) is 21.9 Å². The molecule has 6 heteroatoms. The monoisotopic (exact) mass is 367 g/mol.